The molecule has 0 aliphatic carbocycles. The number of rotatable bonds is 5. The molecule has 5 rings (SSSR count). The molecule has 0 spiro atoms. The maximum absolute atomic E-state index is 13.5. The summed E-state index contributed by atoms with van der Waals surface area (Å²) < 4.78 is 10.5. The van der Waals surface area contributed by atoms with Crippen LogP contribution in [0.5, 0.6) is 0 Å². The van der Waals surface area contributed by atoms with E-state index in [1.54, 1.807) is 25.1 Å². The summed E-state index contributed by atoms with van der Waals surface area (Å²) in [7, 11) is 1.28. The molecule has 11 heteroatoms. The van der Waals surface area contributed by atoms with E-state index in [-0.39, 0.29) is 17.4 Å². The Morgan fingerprint density at radius 2 is 1.89 bits per heavy atom. The van der Waals surface area contributed by atoms with Crippen molar-refractivity contribution < 1.29 is 18.7 Å². The van der Waals surface area contributed by atoms with Gasteiger partial charge < -0.3 is 19.8 Å². The predicted octanol–water partition coefficient (Wildman–Crippen LogP) is 4.69. The number of halogens is 1. The monoisotopic (exact) mass is 516 g/mol. The Hall–Kier alpha value is -4.70. The van der Waals surface area contributed by atoms with Gasteiger partial charge in [-0.25, -0.2) is 14.8 Å². The van der Waals surface area contributed by atoms with Crippen molar-refractivity contribution in [1.82, 2.24) is 15.3 Å². The van der Waals surface area contributed by atoms with Gasteiger partial charge in [0.2, 0.25) is 5.96 Å². The second-order valence-electron chi connectivity index (χ2n) is 8.05. The summed E-state index contributed by atoms with van der Waals surface area (Å²) in [4.78, 5) is 38.7. The highest BCUT2D eigenvalue weighted by Gasteiger charge is 2.31. The van der Waals surface area contributed by atoms with E-state index >= 15 is 0 Å². The largest absolute Gasteiger partial charge is 0.465 e. The van der Waals surface area contributed by atoms with Crippen LogP contribution in [0, 0.1) is 0 Å². The van der Waals surface area contributed by atoms with Gasteiger partial charge in [0.25, 0.3) is 5.91 Å². The number of hydrogen-bond acceptors (Lipinski definition) is 9. The minimum Gasteiger partial charge on any atom is -0.465 e. The second kappa shape index (κ2) is 10.1. The summed E-state index contributed by atoms with van der Waals surface area (Å²) in [5.41, 5.74) is 3.05. The first-order valence-corrected chi connectivity index (χ1v) is 11.6. The number of nitrogens with one attached hydrogen (secondary N) is 3. The molecular formula is C26H21ClN6O4. The van der Waals surface area contributed by atoms with Crippen molar-refractivity contribution in [2.75, 3.05) is 17.7 Å². The number of esters is 1. The van der Waals surface area contributed by atoms with Crippen LogP contribution in [-0.2, 0) is 9.53 Å². The molecule has 3 heterocycles. The highest BCUT2D eigenvalue weighted by Crippen LogP contribution is 2.35. The Labute approximate surface area is 216 Å². The summed E-state index contributed by atoms with van der Waals surface area (Å²) in [5.74, 6) is -0.489. The van der Waals surface area contributed by atoms with Crippen molar-refractivity contribution in [2.24, 2.45) is 4.99 Å². The number of nitrogens with zero attached hydrogens (tertiary/aromatic N) is 3. The van der Waals surface area contributed by atoms with E-state index in [2.05, 4.69) is 25.9 Å². The van der Waals surface area contributed by atoms with Gasteiger partial charge in [-0.05, 0) is 37.3 Å². The zero-order valence-electron chi connectivity index (χ0n) is 19.8. The summed E-state index contributed by atoms with van der Waals surface area (Å²) in [6.45, 7) is 1.75. The van der Waals surface area contributed by atoms with E-state index in [0.717, 1.165) is 0 Å². The first-order valence-electron chi connectivity index (χ1n) is 11.2. The first-order chi connectivity index (χ1) is 17.9. The van der Waals surface area contributed by atoms with Crippen molar-refractivity contribution in [3.8, 4) is 0 Å². The lowest BCUT2D eigenvalue weighted by Crippen LogP contribution is -2.37. The number of benzene rings is 2. The number of amides is 1. The van der Waals surface area contributed by atoms with Crippen LogP contribution in [0.4, 0.5) is 11.8 Å². The third-order valence-corrected chi connectivity index (χ3v) is 5.97. The maximum Gasteiger partial charge on any atom is 0.338 e. The van der Waals surface area contributed by atoms with Gasteiger partial charge >= 0.3 is 12.0 Å². The molecule has 1 aliphatic rings. The number of aromatic nitrogens is 2. The van der Waals surface area contributed by atoms with E-state index in [4.69, 9.17) is 25.7 Å². The fourth-order valence-corrected chi connectivity index (χ4v) is 4.15. The van der Waals surface area contributed by atoms with Crippen molar-refractivity contribution in [3.63, 3.8) is 0 Å². The van der Waals surface area contributed by atoms with Crippen LogP contribution in [-0.4, -0.2) is 34.9 Å². The molecule has 0 radical (unpaired) electrons. The lowest BCUT2D eigenvalue weighted by molar-refractivity contribution is -0.113. The second-order valence-corrected chi connectivity index (χ2v) is 8.46. The fraction of sp³-hybridized carbons (Fsp3) is 0.115. The van der Waals surface area contributed by atoms with Gasteiger partial charge in [-0.15, -0.1) is 0 Å². The summed E-state index contributed by atoms with van der Waals surface area (Å²) in [5, 5.41) is 9.34. The molecule has 0 unspecified atom stereocenters. The normalized spacial score (nSPS) is 15.1. The first kappa shape index (κ1) is 24.0. The number of para-hydroxylation sites is 2. The van der Waals surface area contributed by atoms with Gasteiger partial charge in [-0.2, -0.15) is 4.98 Å². The van der Waals surface area contributed by atoms with Gasteiger partial charge in [0.15, 0.2) is 5.58 Å². The lowest BCUT2D eigenvalue weighted by atomic mass is 9.95. The number of aliphatic imine (C=N–C) groups is 1. The predicted molar refractivity (Wildman–Crippen MR) is 139 cm³/mol. The number of allylic oxidation sites excluding steroid dienone is 1. The third kappa shape index (κ3) is 5.00. The van der Waals surface area contributed by atoms with E-state index in [1.165, 1.54) is 25.4 Å². The number of hydrogen-bond donors (Lipinski definition) is 3. The zero-order valence-corrected chi connectivity index (χ0v) is 20.5. The molecule has 0 fully saturated rings. The number of carbonyl (C=O) groups excluding carboxylic acids is 2. The van der Waals surface area contributed by atoms with Crippen LogP contribution < -0.4 is 16.0 Å². The minimum atomic E-state index is -0.759. The van der Waals surface area contributed by atoms with Crippen LogP contribution in [0.1, 0.15) is 28.9 Å². The summed E-state index contributed by atoms with van der Waals surface area (Å²) in [6, 6.07) is 16.9. The number of oxazole rings is 1. The topological polar surface area (TPSA) is 131 Å². The standard InChI is InChI=1S/C26H21ClN6O4/c1-14-21(23(34)31-20-13-15(11-12-28-20)24(35)36-2)22(16-7-3-4-8-17(16)27)32-25(29-14)33-26-30-18-9-5-6-10-19(18)37-26/h3-13,22H,1-2H3,(H,28,31,34)(H2,29,30,32,33)/t22-/m0/s1. The Balaban J connectivity index is 1.47. The number of guanidine groups is 1. The maximum atomic E-state index is 13.5. The molecule has 1 aliphatic heterocycles. The van der Waals surface area contributed by atoms with Gasteiger partial charge in [0.05, 0.1) is 18.2 Å². The molecule has 2 aromatic carbocycles. The fourth-order valence-electron chi connectivity index (χ4n) is 3.91. The average molecular weight is 517 g/mol. The van der Waals surface area contributed by atoms with Crippen LogP contribution in [0.2, 0.25) is 5.02 Å². The molecule has 4 aromatic rings. The van der Waals surface area contributed by atoms with Crippen LogP contribution in [0.15, 0.2) is 87.5 Å². The molecule has 3 N–H and O–H groups in total. The van der Waals surface area contributed by atoms with Crippen LogP contribution in [0.3, 0.4) is 0 Å². The van der Waals surface area contributed by atoms with Gasteiger partial charge in [0, 0.05) is 22.5 Å². The van der Waals surface area contributed by atoms with Crippen LogP contribution >= 0.6 is 11.6 Å². The van der Waals surface area contributed by atoms with Crippen molar-refractivity contribution in [3.05, 3.63) is 94.3 Å². The molecule has 186 valence electrons. The number of fused-ring (bicyclic) bond motifs is 1. The molecule has 1 atom stereocenters. The van der Waals surface area contributed by atoms with E-state index < -0.39 is 17.9 Å². The zero-order chi connectivity index (χ0) is 25.9. The van der Waals surface area contributed by atoms with E-state index in [1.807, 2.05) is 30.3 Å². The molecule has 10 nitrogen and oxygen atoms in total. The Morgan fingerprint density at radius 3 is 2.68 bits per heavy atom. The average Bonchev–Trinajstić information content (AvgIpc) is 3.30. The van der Waals surface area contributed by atoms with E-state index in [0.29, 0.717) is 38.9 Å². The number of pyridine rings is 1. The quantitative estimate of drug-likeness (QED) is 0.326. The minimum absolute atomic E-state index is 0.186. The summed E-state index contributed by atoms with van der Waals surface area (Å²) >= 11 is 6.51. The van der Waals surface area contributed by atoms with Gasteiger partial charge in [-0.3, -0.25) is 10.1 Å². The van der Waals surface area contributed by atoms with E-state index in [9.17, 15) is 9.59 Å². The molecule has 1 amide bonds. The molecular weight excluding hydrogens is 496 g/mol. The van der Waals surface area contributed by atoms with Crippen LogP contribution in [0.25, 0.3) is 11.1 Å². The Morgan fingerprint density at radius 1 is 1.11 bits per heavy atom. The van der Waals surface area contributed by atoms with Crippen molar-refractivity contribution in [2.45, 2.75) is 13.0 Å². The molecule has 2 aromatic heterocycles. The van der Waals surface area contributed by atoms with Gasteiger partial charge in [-0.1, -0.05) is 41.9 Å². The molecule has 0 saturated carbocycles. The van der Waals surface area contributed by atoms with Gasteiger partial charge in [0.1, 0.15) is 17.4 Å². The number of methoxy groups -OCH3 is 1. The van der Waals surface area contributed by atoms with Crippen molar-refractivity contribution >= 4 is 52.4 Å². The van der Waals surface area contributed by atoms with Crippen molar-refractivity contribution in [1.29, 1.82) is 0 Å². The lowest BCUT2D eigenvalue weighted by Gasteiger charge is -2.26. The summed E-state index contributed by atoms with van der Waals surface area (Å²) in [6.07, 6.45) is 1.41. The number of ether oxygens (including phenoxy) is 1. The number of anilines is 2. The highest BCUT2D eigenvalue weighted by atomic mass is 35.5. The number of carbonyl (C=O) groups is 2. The highest BCUT2D eigenvalue weighted by molar-refractivity contribution is 6.31. The smallest absolute Gasteiger partial charge is 0.338 e. The molecule has 37 heavy (non-hydrogen) atoms. The Kier molecular flexibility index (Phi) is 6.57. The SMILES string of the molecule is COC(=O)c1ccnc(NC(=O)C2=C(C)NC(Nc3nc4ccccc4o3)=N[C@H]2c2ccccc2Cl)c1. The third-order valence-electron chi connectivity index (χ3n) is 5.63. The Bertz CT molecular complexity index is 1550. The molecule has 0 bridgehead atoms. The molecule has 0 saturated heterocycles.